The Hall–Kier alpha value is -3.53. The highest BCUT2D eigenvalue weighted by atomic mass is 19.4. The molecule has 1 aromatic carbocycles. The average molecular weight is 486 g/mol. The molecule has 0 bridgehead atoms. The average Bonchev–Trinajstić information content (AvgIpc) is 3.03. The lowest BCUT2D eigenvalue weighted by atomic mass is 9.71. The second kappa shape index (κ2) is 8.60. The number of aliphatic carboxylic acids is 1. The third-order valence-electron chi connectivity index (χ3n) is 6.83. The number of rotatable bonds is 5. The minimum absolute atomic E-state index is 0.177. The summed E-state index contributed by atoms with van der Waals surface area (Å²) in [6.07, 6.45) is -1.29. The normalized spacial score (nSPS) is 21.6. The molecule has 2 heterocycles. The van der Waals surface area contributed by atoms with Gasteiger partial charge in [-0.2, -0.15) is 13.2 Å². The predicted molar refractivity (Wildman–Crippen MR) is 123 cm³/mol. The standard InChI is InChI=1S/C25H25F3N4O3/c1-14-10-16(12-17(11-14)31-22-29-9-7-20(32-22)25(26,27)28)15-4-5-19(30-13-15)24(35)8-6-18(21(33)34)23(24,2)3/h4-5,7,9-13,18,35H,6,8H2,1-3H3,(H,33,34)(H,29,31,32). The van der Waals surface area contributed by atoms with Crippen LogP contribution in [0.3, 0.4) is 0 Å². The summed E-state index contributed by atoms with van der Waals surface area (Å²) in [5, 5.41) is 23.7. The fourth-order valence-corrected chi connectivity index (χ4v) is 4.75. The molecule has 4 rings (SSSR count). The number of aryl methyl sites for hydroxylation is 1. The molecule has 7 nitrogen and oxygen atoms in total. The third kappa shape index (κ3) is 4.58. The van der Waals surface area contributed by atoms with Crippen molar-refractivity contribution in [2.24, 2.45) is 11.3 Å². The molecular weight excluding hydrogens is 461 g/mol. The van der Waals surface area contributed by atoms with Crippen molar-refractivity contribution in [1.29, 1.82) is 0 Å². The van der Waals surface area contributed by atoms with Crippen molar-refractivity contribution in [1.82, 2.24) is 15.0 Å². The van der Waals surface area contributed by atoms with Gasteiger partial charge in [0.05, 0.1) is 11.6 Å². The van der Waals surface area contributed by atoms with Crippen LogP contribution in [0.2, 0.25) is 0 Å². The Kier molecular flexibility index (Phi) is 6.04. The van der Waals surface area contributed by atoms with E-state index < -0.39 is 34.8 Å². The summed E-state index contributed by atoms with van der Waals surface area (Å²) in [6, 6.07) is 9.66. The first-order valence-electron chi connectivity index (χ1n) is 11.0. The van der Waals surface area contributed by atoms with Crippen LogP contribution in [0.25, 0.3) is 11.1 Å². The maximum absolute atomic E-state index is 13.0. The lowest BCUT2D eigenvalue weighted by Crippen LogP contribution is -2.43. The van der Waals surface area contributed by atoms with Gasteiger partial charge in [0.15, 0.2) is 0 Å². The molecule has 1 fully saturated rings. The van der Waals surface area contributed by atoms with Gasteiger partial charge in [0, 0.05) is 29.1 Å². The summed E-state index contributed by atoms with van der Waals surface area (Å²) < 4.78 is 38.9. The molecule has 0 amide bonds. The molecule has 2 atom stereocenters. The van der Waals surface area contributed by atoms with Gasteiger partial charge < -0.3 is 15.5 Å². The smallest absolute Gasteiger partial charge is 0.433 e. The highest BCUT2D eigenvalue weighted by Gasteiger charge is 2.57. The number of anilines is 2. The lowest BCUT2D eigenvalue weighted by molar-refractivity contribution is -0.150. The van der Waals surface area contributed by atoms with E-state index in [1.165, 1.54) is 0 Å². The largest absolute Gasteiger partial charge is 0.481 e. The summed E-state index contributed by atoms with van der Waals surface area (Å²) in [5.74, 6) is -1.80. The summed E-state index contributed by atoms with van der Waals surface area (Å²) in [4.78, 5) is 23.5. The number of nitrogens with one attached hydrogen (secondary N) is 1. The Morgan fingerprint density at radius 1 is 1.11 bits per heavy atom. The molecule has 2 aromatic heterocycles. The minimum Gasteiger partial charge on any atom is -0.481 e. The van der Waals surface area contributed by atoms with Crippen LogP contribution in [0.1, 0.15) is 43.6 Å². The molecule has 1 saturated carbocycles. The zero-order chi connectivity index (χ0) is 25.6. The Bertz CT molecular complexity index is 1260. The molecule has 2 unspecified atom stereocenters. The molecule has 3 aromatic rings. The van der Waals surface area contributed by atoms with Crippen LogP contribution in [0, 0.1) is 18.3 Å². The first-order chi connectivity index (χ1) is 16.3. The number of halogens is 3. The molecule has 0 radical (unpaired) electrons. The van der Waals surface area contributed by atoms with Crippen LogP contribution in [-0.2, 0) is 16.6 Å². The fraction of sp³-hybridized carbons (Fsp3) is 0.360. The summed E-state index contributed by atoms with van der Waals surface area (Å²) in [5.41, 5.74) is -0.102. The van der Waals surface area contributed by atoms with Crippen LogP contribution in [0.15, 0.2) is 48.8 Å². The summed E-state index contributed by atoms with van der Waals surface area (Å²) in [7, 11) is 0. The van der Waals surface area contributed by atoms with Crippen LogP contribution >= 0.6 is 0 Å². The number of hydrogen-bond acceptors (Lipinski definition) is 6. The van der Waals surface area contributed by atoms with E-state index in [1.54, 1.807) is 44.3 Å². The number of hydrogen-bond donors (Lipinski definition) is 3. The molecule has 184 valence electrons. The Morgan fingerprint density at radius 3 is 2.46 bits per heavy atom. The molecule has 1 aliphatic rings. The molecule has 10 heteroatoms. The van der Waals surface area contributed by atoms with Crippen molar-refractivity contribution < 1.29 is 28.2 Å². The highest BCUT2D eigenvalue weighted by Crippen LogP contribution is 2.55. The molecule has 3 N–H and O–H groups in total. The SMILES string of the molecule is Cc1cc(Nc2nccc(C(F)(F)F)n2)cc(-c2ccc(C3(O)CCC(C(=O)O)C3(C)C)nc2)c1. The first-order valence-corrected chi connectivity index (χ1v) is 11.0. The van der Waals surface area contributed by atoms with Crippen LogP contribution in [0.4, 0.5) is 24.8 Å². The van der Waals surface area contributed by atoms with Gasteiger partial charge in [0.25, 0.3) is 0 Å². The number of aromatic nitrogens is 3. The van der Waals surface area contributed by atoms with E-state index in [0.717, 1.165) is 29.0 Å². The van der Waals surface area contributed by atoms with Gasteiger partial charge in [0.2, 0.25) is 5.95 Å². The van der Waals surface area contributed by atoms with Gasteiger partial charge in [-0.05, 0) is 55.2 Å². The lowest BCUT2D eigenvalue weighted by Gasteiger charge is -2.38. The number of alkyl halides is 3. The summed E-state index contributed by atoms with van der Waals surface area (Å²) in [6.45, 7) is 5.32. The topological polar surface area (TPSA) is 108 Å². The van der Waals surface area contributed by atoms with E-state index >= 15 is 0 Å². The van der Waals surface area contributed by atoms with Gasteiger partial charge in [-0.3, -0.25) is 9.78 Å². The monoisotopic (exact) mass is 486 g/mol. The number of nitrogens with zero attached hydrogens (tertiary/aromatic N) is 3. The highest BCUT2D eigenvalue weighted by molar-refractivity contribution is 5.72. The van der Waals surface area contributed by atoms with E-state index in [2.05, 4.69) is 20.3 Å². The van der Waals surface area contributed by atoms with Crippen molar-refractivity contribution in [2.45, 2.75) is 45.4 Å². The van der Waals surface area contributed by atoms with Crippen LogP contribution in [0.5, 0.6) is 0 Å². The molecular formula is C25H25F3N4O3. The first kappa shape index (κ1) is 24.6. The second-order valence-corrected chi connectivity index (χ2v) is 9.42. The number of pyridine rings is 1. The maximum Gasteiger partial charge on any atom is 0.433 e. The van der Waals surface area contributed by atoms with E-state index in [0.29, 0.717) is 24.2 Å². The summed E-state index contributed by atoms with van der Waals surface area (Å²) >= 11 is 0. The van der Waals surface area contributed by atoms with Crippen molar-refractivity contribution in [3.05, 3.63) is 65.7 Å². The van der Waals surface area contributed by atoms with E-state index in [1.807, 2.05) is 13.0 Å². The number of carboxylic acid groups (broad SMARTS) is 1. The number of carboxylic acids is 1. The second-order valence-electron chi connectivity index (χ2n) is 9.42. The Labute approximate surface area is 200 Å². The zero-order valence-electron chi connectivity index (χ0n) is 19.4. The number of carbonyl (C=O) groups is 1. The fourth-order valence-electron chi connectivity index (χ4n) is 4.75. The van der Waals surface area contributed by atoms with E-state index in [4.69, 9.17) is 0 Å². The van der Waals surface area contributed by atoms with Gasteiger partial charge in [-0.1, -0.05) is 26.0 Å². The quantitative estimate of drug-likeness (QED) is 0.448. The van der Waals surface area contributed by atoms with Gasteiger partial charge in [-0.15, -0.1) is 0 Å². The van der Waals surface area contributed by atoms with E-state index in [9.17, 15) is 28.2 Å². The number of benzene rings is 1. The van der Waals surface area contributed by atoms with Gasteiger partial charge >= 0.3 is 12.1 Å². The van der Waals surface area contributed by atoms with Crippen molar-refractivity contribution in [3.8, 4) is 11.1 Å². The number of aliphatic hydroxyl groups is 1. The van der Waals surface area contributed by atoms with Crippen LogP contribution < -0.4 is 5.32 Å². The van der Waals surface area contributed by atoms with Gasteiger partial charge in [0.1, 0.15) is 11.3 Å². The van der Waals surface area contributed by atoms with E-state index in [-0.39, 0.29) is 5.95 Å². The van der Waals surface area contributed by atoms with Crippen molar-refractivity contribution in [3.63, 3.8) is 0 Å². The molecule has 0 saturated heterocycles. The zero-order valence-corrected chi connectivity index (χ0v) is 19.4. The molecule has 1 aliphatic carbocycles. The van der Waals surface area contributed by atoms with Crippen molar-refractivity contribution >= 4 is 17.6 Å². The minimum atomic E-state index is -4.58. The molecule has 0 spiro atoms. The molecule has 0 aliphatic heterocycles. The maximum atomic E-state index is 13.0. The van der Waals surface area contributed by atoms with Crippen LogP contribution in [-0.4, -0.2) is 31.1 Å². The van der Waals surface area contributed by atoms with Crippen molar-refractivity contribution in [2.75, 3.05) is 5.32 Å². The Balaban J connectivity index is 1.61. The third-order valence-corrected chi connectivity index (χ3v) is 6.83. The molecule has 35 heavy (non-hydrogen) atoms. The van der Waals surface area contributed by atoms with Gasteiger partial charge in [-0.25, -0.2) is 9.97 Å². The Morgan fingerprint density at radius 2 is 1.86 bits per heavy atom. The predicted octanol–water partition coefficient (Wildman–Crippen LogP) is 5.32.